The van der Waals surface area contributed by atoms with E-state index in [9.17, 15) is 4.79 Å². The standard InChI is InChI=1S/C10H10BrN3OS/c1-5-3-6(2)8(7(11)4-5)14-9(15)12-13-10(14)16/h3-4H,1-2H3,(H,12,15)(H,13,16). The molecule has 1 aromatic heterocycles. The van der Waals surface area contributed by atoms with Crippen LogP contribution in [-0.4, -0.2) is 14.8 Å². The second-order valence-electron chi connectivity index (χ2n) is 3.61. The summed E-state index contributed by atoms with van der Waals surface area (Å²) >= 11 is 8.52. The fraction of sp³-hybridized carbons (Fsp3) is 0.200. The Morgan fingerprint density at radius 3 is 2.50 bits per heavy atom. The third-order valence-corrected chi connectivity index (χ3v) is 3.19. The average Bonchev–Trinajstić information content (AvgIpc) is 2.47. The summed E-state index contributed by atoms with van der Waals surface area (Å²) in [5, 5.41) is 5.09. The van der Waals surface area contributed by atoms with Gasteiger partial charge in [-0.05, 0) is 59.2 Å². The average molecular weight is 300 g/mol. The molecule has 0 unspecified atom stereocenters. The monoisotopic (exact) mass is 299 g/mol. The van der Waals surface area contributed by atoms with Crippen molar-refractivity contribution in [1.82, 2.24) is 14.8 Å². The van der Waals surface area contributed by atoms with Crippen molar-refractivity contribution in [3.8, 4) is 5.69 Å². The van der Waals surface area contributed by atoms with E-state index in [0.717, 1.165) is 21.3 Å². The molecule has 2 N–H and O–H groups in total. The van der Waals surface area contributed by atoms with Gasteiger partial charge in [-0.3, -0.25) is 5.10 Å². The number of halogens is 1. The van der Waals surface area contributed by atoms with Gasteiger partial charge in [0.05, 0.1) is 5.69 Å². The first kappa shape index (κ1) is 11.3. The third kappa shape index (κ3) is 1.78. The lowest BCUT2D eigenvalue weighted by Gasteiger charge is -2.09. The van der Waals surface area contributed by atoms with Crippen LogP contribution < -0.4 is 5.69 Å². The van der Waals surface area contributed by atoms with Crippen LogP contribution in [0.2, 0.25) is 0 Å². The highest BCUT2D eigenvalue weighted by molar-refractivity contribution is 9.10. The normalized spacial score (nSPS) is 10.7. The fourth-order valence-electron chi connectivity index (χ4n) is 1.71. The van der Waals surface area contributed by atoms with Crippen molar-refractivity contribution < 1.29 is 0 Å². The van der Waals surface area contributed by atoms with Crippen LogP contribution in [0.4, 0.5) is 0 Å². The summed E-state index contributed by atoms with van der Waals surface area (Å²) in [5.74, 6) is 0. The molecular weight excluding hydrogens is 290 g/mol. The third-order valence-electron chi connectivity index (χ3n) is 2.30. The molecule has 0 aliphatic carbocycles. The van der Waals surface area contributed by atoms with Gasteiger partial charge in [0, 0.05) is 4.47 Å². The molecule has 0 saturated carbocycles. The van der Waals surface area contributed by atoms with Crippen LogP contribution in [0.15, 0.2) is 21.4 Å². The van der Waals surface area contributed by atoms with Crippen LogP contribution >= 0.6 is 28.1 Å². The molecule has 6 heteroatoms. The van der Waals surface area contributed by atoms with Gasteiger partial charge in [-0.2, -0.15) is 0 Å². The van der Waals surface area contributed by atoms with Crippen molar-refractivity contribution in [3.63, 3.8) is 0 Å². The maximum absolute atomic E-state index is 11.6. The number of rotatable bonds is 1. The number of nitrogens with zero attached hydrogens (tertiary/aromatic N) is 1. The highest BCUT2D eigenvalue weighted by Gasteiger charge is 2.11. The lowest BCUT2D eigenvalue weighted by molar-refractivity contribution is 0.957. The van der Waals surface area contributed by atoms with E-state index in [1.54, 1.807) is 0 Å². The Morgan fingerprint density at radius 1 is 1.31 bits per heavy atom. The van der Waals surface area contributed by atoms with Crippen LogP contribution in [0, 0.1) is 18.6 Å². The van der Waals surface area contributed by atoms with Gasteiger partial charge in [0.25, 0.3) is 0 Å². The van der Waals surface area contributed by atoms with E-state index < -0.39 is 0 Å². The van der Waals surface area contributed by atoms with E-state index in [2.05, 4.69) is 26.1 Å². The lowest BCUT2D eigenvalue weighted by atomic mass is 10.1. The molecule has 0 aliphatic rings. The Balaban J connectivity index is 2.85. The summed E-state index contributed by atoms with van der Waals surface area (Å²) in [4.78, 5) is 11.6. The zero-order valence-corrected chi connectivity index (χ0v) is 11.2. The van der Waals surface area contributed by atoms with E-state index in [4.69, 9.17) is 12.2 Å². The van der Waals surface area contributed by atoms with Gasteiger partial charge in [-0.1, -0.05) is 6.07 Å². The zero-order valence-electron chi connectivity index (χ0n) is 8.80. The van der Waals surface area contributed by atoms with Crippen molar-refractivity contribution in [3.05, 3.63) is 43.0 Å². The van der Waals surface area contributed by atoms with Crippen LogP contribution in [0.3, 0.4) is 0 Å². The van der Waals surface area contributed by atoms with E-state index in [1.807, 2.05) is 26.0 Å². The van der Waals surface area contributed by atoms with Crippen molar-refractivity contribution in [2.24, 2.45) is 0 Å². The van der Waals surface area contributed by atoms with Gasteiger partial charge in [0.1, 0.15) is 0 Å². The number of hydrogen-bond acceptors (Lipinski definition) is 2. The second-order valence-corrected chi connectivity index (χ2v) is 4.85. The maximum atomic E-state index is 11.6. The van der Waals surface area contributed by atoms with Gasteiger partial charge < -0.3 is 0 Å². The smallest absolute Gasteiger partial charge is 0.272 e. The molecule has 0 atom stereocenters. The molecule has 84 valence electrons. The molecular formula is C10H10BrN3OS. The number of nitrogens with one attached hydrogen (secondary N) is 2. The van der Waals surface area contributed by atoms with E-state index in [0.29, 0.717) is 4.77 Å². The number of aryl methyl sites for hydroxylation is 2. The molecule has 0 aliphatic heterocycles. The maximum Gasteiger partial charge on any atom is 0.347 e. The first-order valence-corrected chi connectivity index (χ1v) is 5.87. The Morgan fingerprint density at radius 2 is 2.00 bits per heavy atom. The van der Waals surface area contributed by atoms with Gasteiger partial charge in [0.2, 0.25) is 4.77 Å². The molecule has 0 amide bonds. The van der Waals surface area contributed by atoms with E-state index in [-0.39, 0.29) is 5.69 Å². The summed E-state index contributed by atoms with van der Waals surface area (Å²) in [7, 11) is 0. The fourth-order valence-corrected chi connectivity index (χ4v) is 2.78. The minimum absolute atomic E-state index is 0.266. The van der Waals surface area contributed by atoms with Crippen molar-refractivity contribution in [1.29, 1.82) is 0 Å². The number of H-pyrrole nitrogens is 2. The summed E-state index contributed by atoms with van der Waals surface area (Å²) in [5.41, 5.74) is 2.63. The first-order chi connectivity index (χ1) is 7.50. The molecule has 16 heavy (non-hydrogen) atoms. The molecule has 0 fully saturated rings. The highest BCUT2D eigenvalue weighted by atomic mass is 79.9. The molecule has 2 rings (SSSR count). The molecule has 0 saturated heterocycles. The van der Waals surface area contributed by atoms with Crippen LogP contribution in [0.1, 0.15) is 11.1 Å². The van der Waals surface area contributed by atoms with Crippen molar-refractivity contribution in [2.75, 3.05) is 0 Å². The molecule has 0 bridgehead atoms. The van der Waals surface area contributed by atoms with Crippen LogP contribution in [0.25, 0.3) is 5.69 Å². The molecule has 1 aromatic carbocycles. The van der Waals surface area contributed by atoms with E-state index in [1.165, 1.54) is 4.57 Å². The Kier molecular flexibility index (Phi) is 2.86. The predicted octanol–water partition coefficient (Wildman–Crippen LogP) is 2.60. The first-order valence-electron chi connectivity index (χ1n) is 4.67. The summed E-state index contributed by atoms with van der Waals surface area (Å²) in [6, 6.07) is 3.96. The SMILES string of the molecule is Cc1cc(C)c(-n2c(=O)[nH][nH]c2=S)c(Br)c1. The molecule has 0 spiro atoms. The van der Waals surface area contributed by atoms with Crippen LogP contribution in [-0.2, 0) is 0 Å². The molecule has 4 nitrogen and oxygen atoms in total. The zero-order chi connectivity index (χ0) is 11.9. The van der Waals surface area contributed by atoms with Crippen molar-refractivity contribution in [2.45, 2.75) is 13.8 Å². The Hall–Kier alpha value is -1.14. The number of benzene rings is 1. The predicted molar refractivity (Wildman–Crippen MR) is 68.7 cm³/mol. The minimum atomic E-state index is -0.266. The molecule has 1 heterocycles. The van der Waals surface area contributed by atoms with Crippen LogP contribution in [0.5, 0.6) is 0 Å². The van der Waals surface area contributed by atoms with Crippen molar-refractivity contribution >= 4 is 28.1 Å². The molecule has 0 radical (unpaired) electrons. The Labute approximate surface area is 105 Å². The largest absolute Gasteiger partial charge is 0.347 e. The van der Waals surface area contributed by atoms with Gasteiger partial charge in [-0.25, -0.2) is 14.5 Å². The van der Waals surface area contributed by atoms with Gasteiger partial charge in [0.15, 0.2) is 0 Å². The quantitative estimate of drug-likeness (QED) is 0.795. The number of hydrogen-bond donors (Lipinski definition) is 2. The van der Waals surface area contributed by atoms with Gasteiger partial charge >= 0.3 is 5.69 Å². The highest BCUT2D eigenvalue weighted by Crippen LogP contribution is 2.25. The summed E-state index contributed by atoms with van der Waals surface area (Å²) in [6.45, 7) is 3.95. The topological polar surface area (TPSA) is 53.6 Å². The summed E-state index contributed by atoms with van der Waals surface area (Å²) < 4.78 is 2.65. The number of aromatic nitrogens is 3. The van der Waals surface area contributed by atoms with E-state index >= 15 is 0 Å². The Bertz CT molecular complexity index is 602. The minimum Gasteiger partial charge on any atom is -0.272 e. The second kappa shape index (κ2) is 4.03. The summed E-state index contributed by atoms with van der Waals surface area (Å²) in [6.07, 6.45) is 0. The van der Waals surface area contributed by atoms with Gasteiger partial charge in [-0.15, -0.1) is 0 Å². The lowest BCUT2D eigenvalue weighted by Crippen LogP contribution is -2.16. The molecule has 2 aromatic rings. The number of aromatic amines is 2.